The van der Waals surface area contributed by atoms with Gasteiger partial charge >= 0.3 is 0 Å². The quantitative estimate of drug-likeness (QED) is 0.772. The molecule has 2 amide bonds. The summed E-state index contributed by atoms with van der Waals surface area (Å²) in [7, 11) is 0. The predicted octanol–water partition coefficient (Wildman–Crippen LogP) is 2.37. The number of carbonyl (C=O) groups is 3. The molecule has 3 fully saturated rings. The van der Waals surface area contributed by atoms with E-state index in [0.717, 1.165) is 25.8 Å². The summed E-state index contributed by atoms with van der Waals surface area (Å²) < 4.78 is 11.6. The average Bonchev–Trinajstić information content (AvgIpc) is 2.71. The van der Waals surface area contributed by atoms with Gasteiger partial charge in [-0.25, -0.2) is 0 Å². The lowest BCUT2D eigenvalue weighted by Crippen LogP contribution is -2.61. The van der Waals surface area contributed by atoms with E-state index in [0.29, 0.717) is 37.1 Å². The molecule has 3 atom stereocenters. The van der Waals surface area contributed by atoms with E-state index in [4.69, 9.17) is 9.47 Å². The fourth-order valence-electron chi connectivity index (χ4n) is 5.88. The molecule has 0 unspecified atom stereocenters. The summed E-state index contributed by atoms with van der Waals surface area (Å²) in [5.41, 5.74) is -0.497. The van der Waals surface area contributed by atoms with E-state index in [-0.39, 0.29) is 53.7 Å². The second-order valence-corrected chi connectivity index (χ2v) is 10.2. The lowest BCUT2D eigenvalue weighted by atomic mass is 9.76. The van der Waals surface area contributed by atoms with Gasteiger partial charge in [0, 0.05) is 44.2 Å². The summed E-state index contributed by atoms with van der Waals surface area (Å²) in [6.07, 6.45) is 3.85. The zero-order valence-corrected chi connectivity index (χ0v) is 18.6. The van der Waals surface area contributed by atoms with Gasteiger partial charge in [0.05, 0.1) is 6.42 Å². The van der Waals surface area contributed by atoms with Gasteiger partial charge in [-0.2, -0.15) is 0 Å². The standard InChI is InChI=1S/C24H30N2O6/c1-24(2)9-19(28)23-18(27)7-16(8-20(23)32-24)31-13-22(30)25-10-14-6-15(12-25)17-4-3-5-21(29)26(17)11-14/h7-8,14-15,17,27H,3-6,9-13H2,1-2H3/t14-,15+,17-/m1/s1. The number of likely N-dealkylation sites (tertiary alicyclic amines) is 1. The van der Waals surface area contributed by atoms with E-state index >= 15 is 0 Å². The average molecular weight is 443 g/mol. The van der Waals surface area contributed by atoms with Crippen LogP contribution in [0.15, 0.2) is 12.1 Å². The van der Waals surface area contributed by atoms with Crippen LogP contribution in [0.5, 0.6) is 17.2 Å². The number of hydrogen-bond acceptors (Lipinski definition) is 6. The van der Waals surface area contributed by atoms with Crippen LogP contribution in [0, 0.1) is 11.8 Å². The van der Waals surface area contributed by atoms with Gasteiger partial charge in [-0.05, 0) is 44.9 Å². The van der Waals surface area contributed by atoms with Crippen LogP contribution in [0.2, 0.25) is 0 Å². The Kier molecular flexibility index (Phi) is 5.06. The molecule has 5 rings (SSSR count). The van der Waals surface area contributed by atoms with Gasteiger partial charge in [-0.15, -0.1) is 0 Å². The number of Topliss-reactive ketones (excluding diaryl/α,β-unsaturated/α-hetero) is 1. The Bertz CT molecular complexity index is 973. The van der Waals surface area contributed by atoms with E-state index in [1.54, 1.807) is 6.07 Å². The molecule has 8 nitrogen and oxygen atoms in total. The van der Waals surface area contributed by atoms with E-state index in [9.17, 15) is 19.5 Å². The Morgan fingerprint density at radius 1 is 1.25 bits per heavy atom. The number of ketones is 1. The Labute approximate surface area is 187 Å². The van der Waals surface area contributed by atoms with Crippen molar-refractivity contribution >= 4 is 17.6 Å². The van der Waals surface area contributed by atoms with Crippen LogP contribution in [-0.4, -0.2) is 70.4 Å². The molecule has 3 saturated heterocycles. The molecule has 4 aliphatic rings. The third-order valence-electron chi connectivity index (χ3n) is 7.20. The summed E-state index contributed by atoms with van der Waals surface area (Å²) in [5.74, 6) is 0.992. The monoisotopic (exact) mass is 442 g/mol. The normalized spacial score (nSPS) is 28.5. The van der Waals surface area contributed by atoms with E-state index in [2.05, 4.69) is 4.90 Å². The first-order valence-corrected chi connectivity index (χ1v) is 11.5. The van der Waals surface area contributed by atoms with Crippen molar-refractivity contribution in [3.05, 3.63) is 17.7 Å². The van der Waals surface area contributed by atoms with Crippen molar-refractivity contribution in [3.8, 4) is 17.2 Å². The van der Waals surface area contributed by atoms with Gasteiger partial charge in [-0.1, -0.05) is 0 Å². The van der Waals surface area contributed by atoms with Crippen molar-refractivity contribution in [2.24, 2.45) is 11.8 Å². The first-order chi connectivity index (χ1) is 15.2. The highest BCUT2D eigenvalue weighted by Gasteiger charge is 2.44. The highest BCUT2D eigenvalue weighted by atomic mass is 16.5. The number of amides is 2. The van der Waals surface area contributed by atoms with Crippen molar-refractivity contribution < 1.29 is 29.0 Å². The molecule has 0 saturated carbocycles. The lowest BCUT2D eigenvalue weighted by Gasteiger charge is -2.52. The topological polar surface area (TPSA) is 96.4 Å². The number of rotatable bonds is 3. The molecule has 1 N–H and O–H groups in total. The van der Waals surface area contributed by atoms with Gasteiger partial charge in [0.15, 0.2) is 12.4 Å². The van der Waals surface area contributed by atoms with Crippen molar-refractivity contribution in [2.45, 2.75) is 57.6 Å². The molecule has 0 radical (unpaired) electrons. The number of piperidine rings is 3. The maximum atomic E-state index is 12.9. The van der Waals surface area contributed by atoms with E-state index < -0.39 is 5.60 Å². The van der Waals surface area contributed by atoms with Crippen molar-refractivity contribution in [1.82, 2.24) is 9.80 Å². The van der Waals surface area contributed by atoms with Crippen LogP contribution in [0.1, 0.15) is 56.3 Å². The van der Waals surface area contributed by atoms with Gasteiger partial charge in [0.1, 0.15) is 28.4 Å². The van der Waals surface area contributed by atoms with Gasteiger partial charge in [-0.3, -0.25) is 14.4 Å². The molecule has 172 valence electrons. The van der Waals surface area contributed by atoms with Crippen molar-refractivity contribution in [3.63, 3.8) is 0 Å². The third-order valence-corrected chi connectivity index (χ3v) is 7.20. The summed E-state index contributed by atoms with van der Waals surface area (Å²) in [5, 5.41) is 10.3. The maximum absolute atomic E-state index is 12.9. The highest BCUT2D eigenvalue weighted by Crippen LogP contribution is 2.41. The number of carbonyl (C=O) groups excluding carboxylic acids is 3. The van der Waals surface area contributed by atoms with E-state index in [1.807, 2.05) is 18.7 Å². The number of aromatic hydroxyl groups is 1. The molecule has 4 heterocycles. The molecular weight excluding hydrogens is 412 g/mol. The highest BCUT2D eigenvalue weighted by molar-refractivity contribution is 6.03. The number of hydrogen-bond donors (Lipinski definition) is 1. The zero-order valence-electron chi connectivity index (χ0n) is 18.6. The summed E-state index contributed by atoms with van der Waals surface area (Å²) >= 11 is 0. The number of ether oxygens (including phenoxy) is 2. The summed E-state index contributed by atoms with van der Waals surface area (Å²) in [4.78, 5) is 41.5. The molecule has 32 heavy (non-hydrogen) atoms. The fraction of sp³-hybridized carbons (Fsp3) is 0.625. The number of nitrogens with zero attached hydrogens (tertiary/aromatic N) is 2. The molecule has 2 bridgehead atoms. The lowest BCUT2D eigenvalue weighted by molar-refractivity contribution is -0.149. The summed E-state index contributed by atoms with van der Waals surface area (Å²) in [6.45, 7) is 5.50. The smallest absolute Gasteiger partial charge is 0.260 e. The molecule has 0 aliphatic carbocycles. The van der Waals surface area contributed by atoms with Crippen LogP contribution in [0.25, 0.3) is 0 Å². The van der Waals surface area contributed by atoms with Crippen molar-refractivity contribution in [1.29, 1.82) is 0 Å². The third kappa shape index (κ3) is 3.80. The van der Waals surface area contributed by atoms with Crippen molar-refractivity contribution in [2.75, 3.05) is 26.2 Å². The second kappa shape index (κ2) is 7.67. The number of fused-ring (bicyclic) bond motifs is 5. The van der Waals surface area contributed by atoms with E-state index in [1.165, 1.54) is 6.07 Å². The number of benzene rings is 1. The molecule has 4 aliphatic heterocycles. The van der Waals surface area contributed by atoms with Gasteiger partial charge in [0.25, 0.3) is 5.91 Å². The number of phenols is 1. The summed E-state index contributed by atoms with van der Waals surface area (Å²) in [6, 6.07) is 3.18. The molecule has 8 heteroatoms. The Morgan fingerprint density at radius 3 is 2.88 bits per heavy atom. The SMILES string of the molecule is CC1(C)CC(=O)c2c(O)cc(OCC(=O)N3C[C@H]4C[C@@H](C3)[C@H]3CCCC(=O)N3C4)cc2O1. The first-order valence-electron chi connectivity index (χ1n) is 11.5. The molecule has 0 spiro atoms. The predicted molar refractivity (Wildman–Crippen MR) is 115 cm³/mol. The van der Waals surface area contributed by atoms with Crippen LogP contribution >= 0.6 is 0 Å². The van der Waals surface area contributed by atoms with Gasteiger partial charge in [0.2, 0.25) is 5.91 Å². The number of phenolic OH excluding ortho intramolecular Hbond substituents is 1. The first kappa shape index (κ1) is 21.1. The fourth-order valence-corrected chi connectivity index (χ4v) is 5.88. The Morgan fingerprint density at radius 2 is 2.06 bits per heavy atom. The van der Waals surface area contributed by atoms with Crippen LogP contribution < -0.4 is 9.47 Å². The molecule has 0 aromatic heterocycles. The minimum atomic E-state index is -0.662. The van der Waals surface area contributed by atoms with Crippen LogP contribution in [0.3, 0.4) is 0 Å². The Balaban J connectivity index is 1.25. The zero-order chi connectivity index (χ0) is 22.6. The van der Waals surface area contributed by atoms with Gasteiger partial charge < -0.3 is 24.4 Å². The minimum Gasteiger partial charge on any atom is -0.507 e. The molecule has 1 aromatic rings. The second-order valence-electron chi connectivity index (χ2n) is 10.2. The molecular formula is C24H30N2O6. The largest absolute Gasteiger partial charge is 0.507 e. The minimum absolute atomic E-state index is 0.107. The maximum Gasteiger partial charge on any atom is 0.260 e. The molecule has 1 aromatic carbocycles. The van der Waals surface area contributed by atoms with Crippen LogP contribution in [-0.2, 0) is 9.59 Å². The Hall–Kier alpha value is -2.77. The van der Waals surface area contributed by atoms with Crippen LogP contribution in [0.4, 0.5) is 0 Å².